The standard InChI is InChI=1S/C12H22F3NO2/c1-2-10-3-5-11(17,6-4-10)9-16-7-8-18-12(13,14)15/h10,16-17H,2-9H2,1H3. The van der Waals surface area contributed by atoms with Crippen LogP contribution in [0.1, 0.15) is 39.0 Å². The normalized spacial score (nSPS) is 29.5. The van der Waals surface area contributed by atoms with Gasteiger partial charge in [-0.3, -0.25) is 4.74 Å². The fraction of sp³-hybridized carbons (Fsp3) is 1.00. The van der Waals surface area contributed by atoms with Gasteiger partial charge in [0, 0.05) is 13.1 Å². The van der Waals surface area contributed by atoms with Crippen LogP contribution in [-0.2, 0) is 4.74 Å². The van der Waals surface area contributed by atoms with Gasteiger partial charge in [-0.15, -0.1) is 13.2 Å². The number of alkyl halides is 3. The van der Waals surface area contributed by atoms with Gasteiger partial charge in [0.2, 0.25) is 0 Å². The van der Waals surface area contributed by atoms with Crippen molar-refractivity contribution < 1.29 is 23.0 Å². The minimum atomic E-state index is -4.57. The SMILES string of the molecule is CCC1CCC(O)(CNCCOC(F)(F)F)CC1. The van der Waals surface area contributed by atoms with Gasteiger partial charge < -0.3 is 10.4 Å². The Bertz CT molecular complexity index is 238. The molecule has 3 nitrogen and oxygen atoms in total. The first-order valence-electron chi connectivity index (χ1n) is 6.48. The summed E-state index contributed by atoms with van der Waals surface area (Å²) in [5.74, 6) is 0.679. The Morgan fingerprint density at radius 3 is 2.44 bits per heavy atom. The van der Waals surface area contributed by atoms with Crippen molar-refractivity contribution >= 4 is 0 Å². The fourth-order valence-electron chi connectivity index (χ4n) is 2.36. The van der Waals surface area contributed by atoms with E-state index >= 15 is 0 Å². The van der Waals surface area contributed by atoms with E-state index in [0.29, 0.717) is 12.5 Å². The van der Waals surface area contributed by atoms with Crippen molar-refractivity contribution in [2.24, 2.45) is 5.92 Å². The lowest BCUT2D eigenvalue weighted by molar-refractivity contribution is -0.323. The smallest absolute Gasteiger partial charge is 0.389 e. The Labute approximate surface area is 106 Å². The minimum absolute atomic E-state index is 0.0963. The van der Waals surface area contributed by atoms with Gasteiger partial charge in [-0.1, -0.05) is 13.3 Å². The summed E-state index contributed by atoms with van der Waals surface area (Å²) in [6.45, 7) is 2.16. The molecule has 0 spiro atoms. The summed E-state index contributed by atoms with van der Waals surface area (Å²) in [6, 6.07) is 0. The largest absolute Gasteiger partial charge is 0.522 e. The summed E-state index contributed by atoms with van der Waals surface area (Å²) < 4.78 is 38.7. The molecule has 0 heterocycles. The lowest BCUT2D eigenvalue weighted by Gasteiger charge is -2.36. The van der Waals surface area contributed by atoms with Crippen LogP contribution in [0.4, 0.5) is 13.2 Å². The van der Waals surface area contributed by atoms with Crippen LogP contribution in [0, 0.1) is 5.92 Å². The van der Waals surface area contributed by atoms with Crippen LogP contribution in [-0.4, -0.2) is 36.8 Å². The van der Waals surface area contributed by atoms with Crippen LogP contribution in [0.25, 0.3) is 0 Å². The quantitative estimate of drug-likeness (QED) is 0.728. The molecule has 0 saturated heterocycles. The van der Waals surface area contributed by atoms with Gasteiger partial charge >= 0.3 is 6.36 Å². The number of ether oxygens (including phenoxy) is 1. The number of nitrogens with one attached hydrogen (secondary N) is 1. The molecule has 0 aliphatic heterocycles. The second-order valence-corrected chi connectivity index (χ2v) is 5.05. The Morgan fingerprint density at radius 2 is 1.94 bits per heavy atom. The van der Waals surface area contributed by atoms with Crippen molar-refractivity contribution in [1.82, 2.24) is 5.32 Å². The highest BCUT2D eigenvalue weighted by molar-refractivity contribution is 4.86. The van der Waals surface area contributed by atoms with Gasteiger partial charge in [-0.25, -0.2) is 0 Å². The highest BCUT2D eigenvalue weighted by atomic mass is 19.4. The summed E-state index contributed by atoms with van der Waals surface area (Å²) in [5, 5.41) is 13.0. The van der Waals surface area contributed by atoms with E-state index in [1.807, 2.05) is 0 Å². The van der Waals surface area contributed by atoms with E-state index in [1.54, 1.807) is 0 Å². The Balaban J connectivity index is 2.12. The monoisotopic (exact) mass is 269 g/mol. The highest BCUT2D eigenvalue weighted by Crippen LogP contribution is 2.33. The molecule has 108 valence electrons. The lowest BCUT2D eigenvalue weighted by atomic mass is 9.78. The van der Waals surface area contributed by atoms with Crippen molar-refractivity contribution in [2.45, 2.75) is 51.0 Å². The molecule has 1 aliphatic rings. The van der Waals surface area contributed by atoms with Crippen LogP contribution in [0.5, 0.6) is 0 Å². The predicted molar refractivity (Wildman–Crippen MR) is 62.1 cm³/mol. The van der Waals surface area contributed by atoms with Crippen molar-refractivity contribution in [3.63, 3.8) is 0 Å². The first-order valence-corrected chi connectivity index (χ1v) is 6.48. The maximum absolute atomic E-state index is 11.7. The van der Waals surface area contributed by atoms with E-state index < -0.39 is 18.6 Å². The number of rotatable bonds is 6. The van der Waals surface area contributed by atoms with E-state index in [1.165, 1.54) is 0 Å². The van der Waals surface area contributed by atoms with Crippen molar-refractivity contribution in [3.05, 3.63) is 0 Å². The lowest BCUT2D eigenvalue weighted by Crippen LogP contribution is -2.44. The molecule has 0 aromatic carbocycles. The van der Waals surface area contributed by atoms with Crippen LogP contribution in [0.15, 0.2) is 0 Å². The molecule has 2 N–H and O–H groups in total. The zero-order chi connectivity index (χ0) is 13.6. The van der Waals surface area contributed by atoms with Gasteiger partial charge in [0.05, 0.1) is 12.2 Å². The second kappa shape index (κ2) is 6.73. The Kier molecular flexibility index (Phi) is 5.88. The zero-order valence-electron chi connectivity index (χ0n) is 10.7. The van der Waals surface area contributed by atoms with Gasteiger partial charge in [-0.2, -0.15) is 0 Å². The molecule has 0 atom stereocenters. The molecule has 0 amide bonds. The first kappa shape index (κ1) is 15.7. The molecule has 0 unspecified atom stereocenters. The summed E-state index contributed by atoms with van der Waals surface area (Å²) in [7, 11) is 0. The van der Waals surface area contributed by atoms with E-state index in [-0.39, 0.29) is 6.54 Å². The second-order valence-electron chi connectivity index (χ2n) is 5.05. The molecule has 18 heavy (non-hydrogen) atoms. The van der Waals surface area contributed by atoms with E-state index in [2.05, 4.69) is 17.0 Å². The third-order valence-corrected chi connectivity index (χ3v) is 3.61. The average Bonchev–Trinajstić information content (AvgIpc) is 2.28. The third kappa shape index (κ3) is 6.02. The van der Waals surface area contributed by atoms with Crippen molar-refractivity contribution in [1.29, 1.82) is 0 Å². The Hall–Kier alpha value is -0.330. The summed E-state index contributed by atoms with van der Waals surface area (Å²) in [5.41, 5.74) is -0.760. The van der Waals surface area contributed by atoms with Gasteiger partial charge in [0.15, 0.2) is 0 Å². The molecule has 6 heteroatoms. The summed E-state index contributed by atoms with van der Waals surface area (Å²) in [4.78, 5) is 0. The molecule has 0 radical (unpaired) electrons. The molecule has 1 rings (SSSR count). The summed E-state index contributed by atoms with van der Waals surface area (Å²) >= 11 is 0. The van der Waals surface area contributed by atoms with E-state index in [4.69, 9.17) is 0 Å². The van der Waals surface area contributed by atoms with Crippen molar-refractivity contribution in [3.8, 4) is 0 Å². The fourth-order valence-corrected chi connectivity index (χ4v) is 2.36. The number of aliphatic hydroxyl groups is 1. The molecule has 0 bridgehead atoms. The summed E-state index contributed by atoms with van der Waals surface area (Å²) in [6.07, 6.45) is -0.0145. The van der Waals surface area contributed by atoms with Crippen LogP contribution in [0.3, 0.4) is 0 Å². The minimum Gasteiger partial charge on any atom is -0.389 e. The van der Waals surface area contributed by atoms with E-state index in [9.17, 15) is 18.3 Å². The molecule has 1 saturated carbocycles. The molecule has 0 aromatic rings. The topological polar surface area (TPSA) is 41.5 Å². The zero-order valence-corrected chi connectivity index (χ0v) is 10.7. The maximum Gasteiger partial charge on any atom is 0.522 e. The van der Waals surface area contributed by atoms with E-state index in [0.717, 1.165) is 32.1 Å². The predicted octanol–water partition coefficient (Wildman–Crippen LogP) is 2.44. The van der Waals surface area contributed by atoms with Crippen LogP contribution < -0.4 is 5.32 Å². The van der Waals surface area contributed by atoms with Gasteiger partial charge in [0.1, 0.15) is 0 Å². The van der Waals surface area contributed by atoms with Gasteiger partial charge in [-0.05, 0) is 31.6 Å². The molecular weight excluding hydrogens is 247 g/mol. The average molecular weight is 269 g/mol. The molecule has 0 aromatic heterocycles. The highest BCUT2D eigenvalue weighted by Gasteiger charge is 2.32. The number of hydrogen-bond donors (Lipinski definition) is 2. The van der Waals surface area contributed by atoms with Crippen LogP contribution in [0.2, 0.25) is 0 Å². The first-order chi connectivity index (χ1) is 8.35. The van der Waals surface area contributed by atoms with Gasteiger partial charge in [0.25, 0.3) is 0 Å². The number of hydrogen-bond acceptors (Lipinski definition) is 3. The number of halogens is 3. The molecule has 1 aliphatic carbocycles. The third-order valence-electron chi connectivity index (χ3n) is 3.61. The molecule has 1 fully saturated rings. The Morgan fingerprint density at radius 1 is 1.33 bits per heavy atom. The maximum atomic E-state index is 11.7. The molecular formula is C12H22F3NO2. The van der Waals surface area contributed by atoms with Crippen molar-refractivity contribution in [2.75, 3.05) is 19.7 Å². The van der Waals surface area contributed by atoms with Crippen LogP contribution >= 0.6 is 0 Å².